The fourth-order valence-corrected chi connectivity index (χ4v) is 4.18. The Balaban J connectivity index is 1.50. The average molecular weight is 431 g/mol. The lowest BCUT2D eigenvalue weighted by atomic mass is 9.89. The Morgan fingerprint density at radius 1 is 0.688 bits per heavy atom. The molecule has 0 fully saturated rings. The molecule has 0 bridgehead atoms. The van der Waals surface area contributed by atoms with Crippen LogP contribution in [0.2, 0.25) is 0 Å². The van der Waals surface area contributed by atoms with Gasteiger partial charge in [0.05, 0.1) is 6.61 Å². The first-order chi connectivity index (χ1) is 15.7. The summed E-state index contributed by atoms with van der Waals surface area (Å²) in [6.45, 7) is 5.33. The molecule has 2 nitrogen and oxygen atoms in total. The van der Waals surface area contributed by atoms with E-state index in [-0.39, 0.29) is 0 Å². The Morgan fingerprint density at radius 3 is 1.91 bits per heavy atom. The van der Waals surface area contributed by atoms with Gasteiger partial charge in [-0.3, -0.25) is 0 Å². The fraction of sp³-hybridized carbons (Fsp3) is 0.400. The minimum Gasteiger partial charge on any atom is -0.508 e. The van der Waals surface area contributed by atoms with E-state index in [0.717, 1.165) is 37.2 Å². The summed E-state index contributed by atoms with van der Waals surface area (Å²) in [5.74, 6) is 1.78. The molecule has 170 valence electrons. The summed E-state index contributed by atoms with van der Waals surface area (Å²) in [6, 6.07) is 24.9. The maximum atomic E-state index is 9.48. The van der Waals surface area contributed by atoms with Gasteiger partial charge >= 0.3 is 0 Å². The summed E-state index contributed by atoms with van der Waals surface area (Å²) in [5, 5.41) is 9.48. The molecule has 0 aliphatic heterocycles. The highest BCUT2D eigenvalue weighted by Gasteiger charge is 2.11. The summed E-state index contributed by atoms with van der Waals surface area (Å²) in [4.78, 5) is 0. The zero-order valence-electron chi connectivity index (χ0n) is 19.7. The number of phenolic OH excluding ortho intramolecular Hbond substituents is 1. The van der Waals surface area contributed by atoms with Crippen molar-refractivity contribution in [1.82, 2.24) is 0 Å². The van der Waals surface area contributed by atoms with Gasteiger partial charge in [0.25, 0.3) is 0 Å². The third kappa shape index (κ3) is 7.44. The number of ether oxygens (including phenoxy) is 1. The standard InChI is InChI=1S/C30H38O2/c1-3-5-6-7-8-9-22-32-30-20-16-26(17-21-30)25(4-2)23-24-10-12-27(13-11-24)28-14-18-29(31)19-15-28/h10-21,25,31H,3-9,22-23H2,1-2H3. The lowest BCUT2D eigenvalue weighted by molar-refractivity contribution is 0.304. The number of phenols is 1. The maximum absolute atomic E-state index is 9.48. The Morgan fingerprint density at radius 2 is 1.28 bits per heavy atom. The van der Waals surface area contributed by atoms with Crippen LogP contribution in [0, 0.1) is 0 Å². The highest BCUT2D eigenvalue weighted by atomic mass is 16.5. The summed E-state index contributed by atoms with van der Waals surface area (Å²) in [5.41, 5.74) is 5.02. The van der Waals surface area contributed by atoms with Gasteiger partial charge in [-0.1, -0.05) is 94.5 Å². The van der Waals surface area contributed by atoms with E-state index < -0.39 is 0 Å². The van der Waals surface area contributed by atoms with E-state index in [1.54, 1.807) is 12.1 Å². The highest BCUT2D eigenvalue weighted by Crippen LogP contribution is 2.28. The number of hydrogen-bond donors (Lipinski definition) is 1. The smallest absolute Gasteiger partial charge is 0.119 e. The molecule has 0 heterocycles. The maximum Gasteiger partial charge on any atom is 0.119 e. The van der Waals surface area contributed by atoms with E-state index in [4.69, 9.17) is 4.74 Å². The van der Waals surface area contributed by atoms with Crippen LogP contribution in [0.5, 0.6) is 11.5 Å². The molecular weight excluding hydrogens is 392 g/mol. The number of rotatable bonds is 13. The first kappa shape index (κ1) is 23.9. The number of hydrogen-bond acceptors (Lipinski definition) is 2. The van der Waals surface area contributed by atoms with Crippen LogP contribution >= 0.6 is 0 Å². The zero-order chi connectivity index (χ0) is 22.6. The minimum atomic E-state index is 0.301. The van der Waals surface area contributed by atoms with E-state index in [9.17, 15) is 5.11 Å². The second-order valence-corrected chi connectivity index (χ2v) is 8.74. The second kappa shape index (κ2) is 13.0. The highest BCUT2D eigenvalue weighted by molar-refractivity contribution is 5.64. The van der Waals surface area contributed by atoms with E-state index >= 15 is 0 Å². The van der Waals surface area contributed by atoms with Crippen LogP contribution in [0.4, 0.5) is 0 Å². The minimum absolute atomic E-state index is 0.301. The van der Waals surface area contributed by atoms with Crippen LogP contribution < -0.4 is 4.74 Å². The summed E-state index contributed by atoms with van der Waals surface area (Å²) in [7, 11) is 0. The van der Waals surface area contributed by atoms with Gasteiger partial charge in [0.2, 0.25) is 0 Å². The molecule has 0 amide bonds. The molecule has 1 N–H and O–H groups in total. The van der Waals surface area contributed by atoms with E-state index in [0.29, 0.717) is 11.7 Å². The molecule has 2 heteroatoms. The Bertz CT molecular complexity index is 895. The van der Waals surface area contributed by atoms with Crippen LogP contribution in [-0.4, -0.2) is 11.7 Å². The SMILES string of the molecule is CCCCCCCCOc1ccc(C(CC)Cc2ccc(-c3ccc(O)cc3)cc2)cc1. The Labute approximate surface area is 194 Å². The molecule has 0 spiro atoms. The molecule has 0 aliphatic carbocycles. The number of benzene rings is 3. The van der Waals surface area contributed by atoms with Crippen molar-refractivity contribution in [2.75, 3.05) is 6.61 Å². The van der Waals surface area contributed by atoms with Gasteiger partial charge < -0.3 is 9.84 Å². The third-order valence-corrected chi connectivity index (χ3v) is 6.25. The van der Waals surface area contributed by atoms with Gasteiger partial charge in [-0.05, 0) is 71.7 Å². The summed E-state index contributed by atoms with van der Waals surface area (Å²) in [6.07, 6.45) is 9.87. The van der Waals surface area contributed by atoms with Crippen molar-refractivity contribution >= 4 is 0 Å². The summed E-state index contributed by atoms with van der Waals surface area (Å²) < 4.78 is 5.95. The predicted octanol–water partition coefficient (Wildman–Crippen LogP) is 8.53. The van der Waals surface area contributed by atoms with E-state index in [1.807, 2.05) is 12.1 Å². The first-order valence-corrected chi connectivity index (χ1v) is 12.3. The molecule has 0 aliphatic rings. The summed E-state index contributed by atoms with van der Waals surface area (Å²) >= 11 is 0. The molecule has 1 atom stereocenters. The van der Waals surface area contributed by atoms with Gasteiger partial charge in [0.15, 0.2) is 0 Å². The fourth-order valence-electron chi connectivity index (χ4n) is 4.18. The molecule has 3 aromatic rings. The van der Waals surface area contributed by atoms with Gasteiger partial charge in [0.1, 0.15) is 11.5 Å². The first-order valence-electron chi connectivity index (χ1n) is 12.3. The third-order valence-electron chi connectivity index (χ3n) is 6.25. The zero-order valence-corrected chi connectivity index (χ0v) is 19.7. The quantitative estimate of drug-likeness (QED) is 0.275. The van der Waals surface area contributed by atoms with Gasteiger partial charge in [-0.25, -0.2) is 0 Å². The predicted molar refractivity (Wildman–Crippen MR) is 136 cm³/mol. The van der Waals surface area contributed by atoms with Crippen molar-refractivity contribution in [2.45, 2.75) is 71.1 Å². The number of aromatic hydroxyl groups is 1. The second-order valence-electron chi connectivity index (χ2n) is 8.74. The van der Waals surface area contributed by atoms with Crippen molar-refractivity contribution in [3.05, 3.63) is 83.9 Å². The van der Waals surface area contributed by atoms with Crippen molar-refractivity contribution in [1.29, 1.82) is 0 Å². The lowest BCUT2D eigenvalue weighted by Gasteiger charge is -2.17. The van der Waals surface area contributed by atoms with Crippen LogP contribution in [0.1, 0.15) is 75.8 Å². The molecule has 0 saturated carbocycles. The molecule has 0 aromatic heterocycles. The van der Waals surface area contributed by atoms with Crippen molar-refractivity contribution < 1.29 is 9.84 Å². The molecule has 0 saturated heterocycles. The van der Waals surface area contributed by atoms with E-state index in [1.165, 1.54) is 48.8 Å². The largest absolute Gasteiger partial charge is 0.508 e. The van der Waals surface area contributed by atoms with Crippen LogP contribution in [0.25, 0.3) is 11.1 Å². The average Bonchev–Trinajstić information content (AvgIpc) is 2.83. The topological polar surface area (TPSA) is 29.5 Å². The van der Waals surface area contributed by atoms with Crippen LogP contribution in [-0.2, 0) is 6.42 Å². The van der Waals surface area contributed by atoms with Crippen LogP contribution in [0.3, 0.4) is 0 Å². The molecule has 1 unspecified atom stereocenters. The van der Waals surface area contributed by atoms with Crippen molar-refractivity contribution in [2.24, 2.45) is 0 Å². The van der Waals surface area contributed by atoms with Crippen molar-refractivity contribution in [3.8, 4) is 22.6 Å². The molecule has 3 rings (SSSR count). The molecular formula is C30H38O2. The lowest BCUT2D eigenvalue weighted by Crippen LogP contribution is -2.02. The van der Waals surface area contributed by atoms with Crippen LogP contribution in [0.15, 0.2) is 72.8 Å². The monoisotopic (exact) mass is 430 g/mol. The molecule has 32 heavy (non-hydrogen) atoms. The molecule has 0 radical (unpaired) electrons. The van der Waals surface area contributed by atoms with Crippen molar-refractivity contribution in [3.63, 3.8) is 0 Å². The van der Waals surface area contributed by atoms with Gasteiger partial charge in [-0.2, -0.15) is 0 Å². The normalized spacial score (nSPS) is 11.9. The van der Waals surface area contributed by atoms with Gasteiger partial charge in [-0.15, -0.1) is 0 Å². The van der Waals surface area contributed by atoms with Gasteiger partial charge in [0, 0.05) is 0 Å². The van der Waals surface area contributed by atoms with E-state index in [2.05, 4.69) is 62.4 Å². The Kier molecular flexibility index (Phi) is 9.68. The Hall–Kier alpha value is -2.74. The number of unbranched alkanes of at least 4 members (excludes halogenated alkanes) is 5. The molecule has 3 aromatic carbocycles.